The first-order valence-electron chi connectivity index (χ1n) is 14.9. The highest BCUT2D eigenvalue weighted by molar-refractivity contribution is 7.13. The predicted octanol–water partition coefficient (Wildman–Crippen LogP) is 8.46. The van der Waals surface area contributed by atoms with Gasteiger partial charge < -0.3 is 19.0 Å². The molecule has 0 amide bonds. The summed E-state index contributed by atoms with van der Waals surface area (Å²) in [6.45, 7) is 20.9. The van der Waals surface area contributed by atoms with Crippen molar-refractivity contribution in [2.24, 2.45) is 0 Å². The topological polar surface area (TPSA) is 37.8 Å². The number of ether oxygens (including phenoxy) is 1. The molecule has 0 aliphatic carbocycles. The molecule has 0 saturated carbocycles. The number of rotatable bonds is 13. The van der Waals surface area contributed by atoms with Gasteiger partial charge in [-0.25, -0.2) is 0 Å². The second kappa shape index (κ2) is 13.6. The standard InChI is InChI=1S/C32H49N3O2SSi/c1-7-34(22-24-37-39(5,6)32(2,3)4)19-11-12-23-36-28-17-18-29-30(25-28)38-33-31(29)26-13-15-27(16-14-26)35-20-9-8-10-21-35/h13-18,25H,7-12,19-24H2,1-6H3. The fourth-order valence-corrected chi connectivity index (χ4v) is 6.76. The summed E-state index contributed by atoms with van der Waals surface area (Å²) in [6.07, 6.45) is 6.14. The van der Waals surface area contributed by atoms with Crippen molar-refractivity contribution in [1.29, 1.82) is 0 Å². The van der Waals surface area contributed by atoms with Crippen molar-refractivity contribution in [1.82, 2.24) is 9.27 Å². The van der Waals surface area contributed by atoms with Gasteiger partial charge in [-0.3, -0.25) is 0 Å². The van der Waals surface area contributed by atoms with Crippen LogP contribution < -0.4 is 9.64 Å². The molecule has 0 N–H and O–H groups in total. The van der Waals surface area contributed by atoms with Crippen LogP contribution in [0, 0.1) is 0 Å². The van der Waals surface area contributed by atoms with Crippen LogP contribution in [0.3, 0.4) is 0 Å². The molecule has 2 heterocycles. The van der Waals surface area contributed by atoms with E-state index in [1.807, 2.05) is 0 Å². The van der Waals surface area contributed by atoms with Crippen molar-refractivity contribution in [2.75, 3.05) is 50.8 Å². The van der Waals surface area contributed by atoms with E-state index in [0.29, 0.717) is 0 Å². The van der Waals surface area contributed by atoms with Gasteiger partial charge in [0.05, 0.1) is 17.0 Å². The van der Waals surface area contributed by atoms with E-state index in [4.69, 9.17) is 13.5 Å². The maximum absolute atomic E-state index is 6.37. The van der Waals surface area contributed by atoms with Gasteiger partial charge in [0.2, 0.25) is 0 Å². The van der Waals surface area contributed by atoms with Crippen LogP contribution >= 0.6 is 11.5 Å². The van der Waals surface area contributed by atoms with Crippen molar-refractivity contribution in [2.45, 2.75) is 77.9 Å². The van der Waals surface area contributed by atoms with E-state index < -0.39 is 8.32 Å². The third-order valence-electron chi connectivity index (χ3n) is 8.57. The third kappa shape index (κ3) is 8.06. The molecular formula is C32H49N3O2SSi. The van der Waals surface area contributed by atoms with Gasteiger partial charge in [-0.2, -0.15) is 4.37 Å². The molecule has 1 aliphatic heterocycles. The average molecular weight is 568 g/mol. The lowest BCUT2D eigenvalue weighted by Gasteiger charge is -2.36. The second-order valence-corrected chi connectivity index (χ2v) is 18.0. The van der Waals surface area contributed by atoms with Crippen LogP contribution in [-0.4, -0.2) is 63.5 Å². The fourth-order valence-electron chi connectivity index (χ4n) is 4.90. The van der Waals surface area contributed by atoms with Gasteiger partial charge >= 0.3 is 0 Å². The van der Waals surface area contributed by atoms with Gasteiger partial charge in [0.25, 0.3) is 0 Å². The van der Waals surface area contributed by atoms with E-state index in [0.717, 1.165) is 57.1 Å². The molecule has 4 rings (SSSR count). The number of hydrogen-bond donors (Lipinski definition) is 0. The highest BCUT2D eigenvalue weighted by atomic mass is 32.1. The quantitative estimate of drug-likeness (QED) is 0.153. The van der Waals surface area contributed by atoms with Crippen molar-refractivity contribution in [3.63, 3.8) is 0 Å². The number of piperidine rings is 1. The van der Waals surface area contributed by atoms with Crippen LogP contribution in [0.15, 0.2) is 42.5 Å². The Morgan fingerprint density at radius 2 is 1.69 bits per heavy atom. The molecule has 39 heavy (non-hydrogen) atoms. The lowest BCUT2D eigenvalue weighted by molar-refractivity contribution is 0.197. The van der Waals surface area contributed by atoms with Crippen molar-refractivity contribution >= 4 is 35.6 Å². The summed E-state index contributed by atoms with van der Waals surface area (Å²) in [5, 5.41) is 1.47. The van der Waals surface area contributed by atoms with Crippen LogP contribution in [-0.2, 0) is 4.43 Å². The Kier molecular flexibility index (Phi) is 10.5. The van der Waals surface area contributed by atoms with Crippen molar-refractivity contribution < 1.29 is 9.16 Å². The van der Waals surface area contributed by atoms with Gasteiger partial charge in [-0.1, -0.05) is 39.8 Å². The number of benzene rings is 2. The first-order chi connectivity index (χ1) is 18.7. The number of likely N-dealkylation sites (N-methyl/N-ethyl adjacent to an activating group) is 1. The molecule has 1 saturated heterocycles. The monoisotopic (exact) mass is 567 g/mol. The Labute approximate surface area is 241 Å². The summed E-state index contributed by atoms with van der Waals surface area (Å²) in [7, 11) is -1.66. The molecule has 214 valence electrons. The maximum atomic E-state index is 6.37. The SMILES string of the molecule is CCN(CCCCOc1ccc2c(-c3ccc(N4CCCCC4)cc3)nsc2c1)CCO[Si](C)(C)C(C)(C)C. The van der Waals surface area contributed by atoms with Gasteiger partial charge in [0.15, 0.2) is 8.32 Å². The number of fused-ring (bicyclic) bond motifs is 1. The minimum atomic E-state index is -1.66. The van der Waals surface area contributed by atoms with Gasteiger partial charge in [-0.05, 0) is 105 Å². The zero-order valence-electron chi connectivity index (χ0n) is 25.1. The lowest BCUT2D eigenvalue weighted by atomic mass is 10.1. The normalized spacial score (nSPS) is 14.9. The van der Waals surface area contributed by atoms with Crippen molar-refractivity contribution in [3.05, 3.63) is 42.5 Å². The average Bonchev–Trinajstić information content (AvgIpc) is 3.35. The predicted molar refractivity (Wildman–Crippen MR) is 171 cm³/mol. The minimum absolute atomic E-state index is 0.267. The van der Waals surface area contributed by atoms with Crippen LogP contribution in [0.5, 0.6) is 5.75 Å². The Hall–Kier alpha value is -1.93. The van der Waals surface area contributed by atoms with E-state index in [2.05, 4.69) is 93.1 Å². The van der Waals surface area contributed by atoms with E-state index in [-0.39, 0.29) is 5.04 Å². The highest BCUT2D eigenvalue weighted by Gasteiger charge is 2.36. The molecule has 0 radical (unpaired) electrons. The second-order valence-electron chi connectivity index (χ2n) is 12.4. The summed E-state index contributed by atoms with van der Waals surface area (Å²) in [6, 6.07) is 15.4. The summed E-state index contributed by atoms with van der Waals surface area (Å²) in [5.74, 6) is 0.938. The Balaban J connectivity index is 1.22. The maximum Gasteiger partial charge on any atom is 0.192 e. The van der Waals surface area contributed by atoms with Crippen LogP contribution in [0.25, 0.3) is 21.3 Å². The Morgan fingerprint density at radius 3 is 2.38 bits per heavy atom. The number of anilines is 1. The number of aromatic nitrogens is 1. The molecule has 1 aliphatic rings. The molecule has 1 aromatic heterocycles. The summed E-state index contributed by atoms with van der Waals surface area (Å²) in [5.41, 5.74) is 3.59. The molecule has 0 spiro atoms. The first-order valence-corrected chi connectivity index (χ1v) is 18.6. The summed E-state index contributed by atoms with van der Waals surface area (Å²) >= 11 is 1.56. The van der Waals surface area contributed by atoms with Crippen LogP contribution in [0.4, 0.5) is 5.69 Å². The van der Waals surface area contributed by atoms with E-state index in [9.17, 15) is 0 Å². The Morgan fingerprint density at radius 1 is 0.949 bits per heavy atom. The zero-order chi connectivity index (χ0) is 27.9. The third-order valence-corrected chi connectivity index (χ3v) is 13.9. The van der Waals surface area contributed by atoms with Gasteiger partial charge in [0, 0.05) is 42.9 Å². The van der Waals surface area contributed by atoms with Gasteiger partial charge in [-0.15, -0.1) is 0 Å². The van der Waals surface area contributed by atoms with Crippen LogP contribution in [0.1, 0.15) is 59.8 Å². The largest absolute Gasteiger partial charge is 0.494 e. The number of hydrogen-bond acceptors (Lipinski definition) is 6. The minimum Gasteiger partial charge on any atom is -0.494 e. The van der Waals surface area contributed by atoms with Crippen LogP contribution in [0.2, 0.25) is 18.1 Å². The van der Waals surface area contributed by atoms with Crippen molar-refractivity contribution in [3.8, 4) is 17.0 Å². The number of nitrogens with zero attached hydrogens (tertiary/aromatic N) is 3. The molecule has 0 bridgehead atoms. The molecule has 1 fully saturated rings. The fraction of sp³-hybridized carbons (Fsp3) is 0.594. The molecule has 0 unspecified atom stereocenters. The first kappa shape index (κ1) is 30.0. The Bertz CT molecular complexity index is 1170. The van der Waals surface area contributed by atoms with E-state index >= 15 is 0 Å². The summed E-state index contributed by atoms with van der Waals surface area (Å²) < 4.78 is 18.5. The lowest BCUT2D eigenvalue weighted by Crippen LogP contribution is -2.42. The van der Waals surface area contributed by atoms with E-state index in [1.165, 1.54) is 53.7 Å². The molecule has 3 aromatic rings. The highest BCUT2D eigenvalue weighted by Crippen LogP contribution is 2.36. The molecule has 7 heteroatoms. The molecule has 2 aromatic carbocycles. The van der Waals surface area contributed by atoms with Gasteiger partial charge in [0.1, 0.15) is 5.75 Å². The smallest absolute Gasteiger partial charge is 0.192 e. The molecule has 5 nitrogen and oxygen atoms in total. The zero-order valence-corrected chi connectivity index (χ0v) is 26.9. The molecular weight excluding hydrogens is 519 g/mol. The van der Waals surface area contributed by atoms with E-state index in [1.54, 1.807) is 11.5 Å². The summed E-state index contributed by atoms with van der Waals surface area (Å²) in [4.78, 5) is 5.00. The number of unbranched alkanes of at least 4 members (excludes halogenated alkanes) is 1. The molecule has 0 atom stereocenters.